The van der Waals surface area contributed by atoms with E-state index < -0.39 is 0 Å². The summed E-state index contributed by atoms with van der Waals surface area (Å²) in [5.41, 5.74) is 2.49. The fraction of sp³-hybridized carbons (Fsp3) is 0.333. The lowest BCUT2D eigenvalue weighted by Crippen LogP contribution is -2.33. The maximum atomic E-state index is 5.35. The van der Waals surface area contributed by atoms with Gasteiger partial charge in [-0.25, -0.2) is 0 Å². The van der Waals surface area contributed by atoms with Crippen molar-refractivity contribution < 1.29 is 4.74 Å². The van der Waals surface area contributed by atoms with Crippen molar-refractivity contribution in [1.82, 2.24) is 0 Å². The molecule has 0 spiro atoms. The summed E-state index contributed by atoms with van der Waals surface area (Å²) in [5.74, 6) is 1.02. The van der Waals surface area contributed by atoms with Crippen LogP contribution in [0, 0.1) is 0 Å². The summed E-state index contributed by atoms with van der Waals surface area (Å²) in [5, 5.41) is 0. The van der Waals surface area contributed by atoms with Gasteiger partial charge in [-0.3, -0.25) is 0 Å². The third-order valence-electron chi connectivity index (χ3n) is 2.84. The van der Waals surface area contributed by atoms with Gasteiger partial charge in [0.2, 0.25) is 0 Å². The number of para-hydroxylation sites is 1. The van der Waals surface area contributed by atoms with Crippen molar-refractivity contribution in [2.75, 3.05) is 19.1 Å². The van der Waals surface area contributed by atoms with Crippen LogP contribution in [0.1, 0.15) is 12.5 Å². The van der Waals surface area contributed by atoms with Gasteiger partial charge in [-0.05, 0) is 19.1 Å². The Kier molecular flexibility index (Phi) is 2.20. The molecular weight excluding hydrogens is 174 g/mol. The number of anilines is 1. The average Bonchev–Trinajstić information content (AvgIpc) is 2.23. The second kappa shape index (κ2) is 3.37. The Morgan fingerprint density at radius 2 is 2.00 bits per heavy atom. The molecule has 0 fully saturated rings. The van der Waals surface area contributed by atoms with Gasteiger partial charge < -0.3 is 9.64 Å². The van der Waals surface area contributed by atoms with Crippen molar-refractivity contribution in [3.63, 3.8) is 0 Å². The topological polar surface area (TPSA) is 12.5 Å². The Balaban J connectivity index is 2.51. The molecule has 2 nitrogen and oxygen atoms in total. The normalized spacial score (nSPS) is 20.1. The van der Waals surface area contributed by atoms with E-state index in [0.717, 1.165) is 5.76 Å². The molecule has 0 saturated heterocycles. The second-order valence-corrected chi connectivity index (χ2v) is 3.60. The van der Waals surface area contributed by atoms with E-state index in [1.54, 1.807) is 7.11 Å². The highest BCUT2D eigenvalue weighted by molar-refractivity contribution is 5.73. The standard InChI is InChI=1S/C12H15NO/c1-9-12(14-3)8-10-6-4-5-7-11(10)13(9)2/h4-9H,1-3H3. The molecule has 0 amide bonds. The molecule has 1 unspecified atom stereocenters. The fourth-order valence-corrected chi connectivity index (χ4v) is 1.83. The summed E-state index contributed by atoms with van der Waals surface area (Å²) in [6.45, 7) is 2.14. The first-order valence-corrected chi connectivity index (χ1v) is 4.81. The predicted octanol–water partition coefficient (Wildman–Crippen LogP) is 2.51. The molecule has 2 heteroatoms. The summed E-state index contributed by atoms with van der Waals surface area (Å²) < 4.78 is 5.35. The molecule has 0 aliphatic carbocycles. The summed E-state index contributed by atoms with van der Waals surface area (Å²) in [6, 6.07) is 8.67. The molecule has 1 aliphatic rings. The molecule has 74 valence electrons. The molecule has 1 aliphatic heterocycles. The number of methoxy groups -OCH3 is 1. The number of nitrogens with zero attached hydrogens (tertiary/aromatic N) is 1. The number of ether oxygens (including phenoxy) is 1. The largest absolute Gasteiger partial charge is 0.499 e. The minimum atomic E-state index is 0.315. The smallest absolute Gasteiger partial charge is 0.118 e. The first kappa shape index (κ1) is 9.13. The Labute approximate surface area is 84.8 Å². The second-order valence-electron chi connectivity index (χ2n) is 3.60. The van der Waals surface area contributed by atoms with E-state index in [9.17, 15) is 0 Å². The molecule has 0 saturated carbocycles. The highest BCUT2D eigenvalue weighted by Gasteiger charge is 2.22. The van der Waals surface area contributed by atoms with Gasteiger partial charge in [0.15, 0.2) is 0 Å². The third kappa shape index (κ3) is 1.27. The summed E-state index contributed by atoms with van der Waals surface area (Å²) >= 11 is 0. The van der Waals surface area contributed by atoms with Crippen molar-refractivity contribution in [3.05, 3.63) is 35.6 Å². The van der Waals surface area contributed by atoms with E-state index in [4.69, 9.17) is 4.74 Å². The fourth-order valence-electron chi connectivity index (χ4n) is 1.83. The Morgan fingerprint density at radius 1 is 1.29 bits per heavy atom. The van der Waals surface area contributed by atoms with Crippen molar-refractivity contribution in [2.45, 2.75) is 13.0 Å². The maximum absolute atomic E-state index is 5.35. The molecule has 0 radical (unpaired) electrons. The van der Waals surface area contributed by atoms with Crippen LogP contribution < -0.4 is 4.90 Å². The Hall–Kier alpha value is -1.44. The SMILES string of the molecule is COC1=Cc2ccccc2N(C)C1C. The highest BCUT2D eigenvalue weighted by atomic mass is 16.5. The number of likely N-dealkylation sites (N-methyl/N-ethyl adjacent to an activating group) is 1. The third-order valence-corrected chi connectivity index (χ3v) is 2.84. The quantitative estimate of drug-likeness (QED) is 0.673. The van der Waals surface area contributed by atoms with Crippen molar-refractivity contribution >= 4 is 11.8 Å². The average molecular weight is 189 g/mol. The molecule has 2 rings (SSSR count). The number of fused-ring (bicyclic) bond motifs is 1. The first-order valence-electron chi connectivity index (χ1n) is 4.81. The van der Waals surface area contributed by atoms with E-state index in [1.165, 1.54) is 11.3 Å². The molecule has 1 aromatic rings. The van der Waals surface area contributed by atoms with Crippen molar-refractivity contribution in [2.24, 2.45) is 0 Å². The summed E-state index contributed by atoms with van der Waals surface area (Å²) in [6.07, 6.45) is 2.11. The Bertz CT molecular complexity index is 370. The van der Waals surface area contributed by atoms with E-state index in [2.05, 4.69) is 43.1 Å². The van der Waals surface area contributed by atoms with E-state index >= 15 is 0 Å². The predicted molar refractivity (Wildman–Crippen MR) is 59.3 cm³/mol. The van der Waals surface area contributed by atoms with Crippen molar-refractivity contribution in [1.29, 1.82) is 0 Å². The van der Waals surface area contributed by atoms with Gasteiger partial charge in [0.1, 0.15) is 5.76 Å². The minimum absolute atomic E-state index is 0.315. The summed E-state index contributed by atoms with van der Waals surface area (Å²) in [7, 11) is 3.82. The number of benzene rings is 1. The lowest BCUT2D eigenvalue weighted by Gasteiger charge is -2.33. The van der Waals surface area contributed by atoms with E-state index in [1.807, 2.05) is 6.07 Å². The van der Waals surface area contributed by atoms with E-state index in [-0.39, 0.29) is 0 Å². The summed E-state index contributed by atoms with van der Waals surface area (Å²) in [4.78, 5) is 2.23. The molecule has 1 atom stereocenters. The highest BCUT2D eigenvalue weighted by Crippen LogP contribution is 2.30. The van der Waals surface area contributed by atoms with Crippen LogP contribution in [0.3, 0.4) is 0 Å². The van der Waals surface area contributed by atoms with Crippen LogP contribution >= 0.6 is 0 Å². The van der Waals surface area contributed by atoms with Gasteiger partial charge in [0.05, 0.1) is 13.2 Å². The van der Waals surface area contributed by atoms with Crippen molar-refractivity contribution in [3.8, 4) is 0 Å². The molecule has 0 N–H and O–H groups in total. The van der Waals surface area contributed by atoms with Gasteiger partial charge in [0.25, 0.3) is 0 Å². The van der Waals surface area contributed by atoms with Gasteiger partial charge in [-0.2, -0.15) is 0 Å². The number of hydrogen-bond acceptors (Lipinski definition) is 2. The molecule has 0 bridgehead atoms. The van der Waals surface area contributed by atoms with Crippen LogP contribution in [-0.4, -0.2) is 20.2 Å². The van der Waals surface area contributed by atoms with Crippen LogP contribution in [0.5, 0.6) is 0 Å². The zero-order chi connectivity index (χ0) is 10.1. The van der Waals surface area contributed by atoms with Crippen LogP contribution in [0.2, 0.25) is 0 Å². The van der Waals surface area contributed by atoms with Gasteiger partial charge in [0, 0.05) is 18.3 Å². The molecule has 1 heterocycles. The van der Waals surface area contributed by atoms with Crippen LogP contribution in [0.15, 0.2) is 30.0 Å². The molecular formula is C12H15NO. The van der Waals surface area contributed by atoms with Crippen LogP contribution in [0.4, 0.5) is 5.69 Å². The zero-order valence-corrected chi connectivity index (χ0v) is 8.82. The lowest BCUT2D eigenvalue weighted by atomic mass is 10.0. The molecule has 14 heavy (non-hydrogen) atoms. The lowest BCUT2D eigenvalue weighted by molar-refractivity contribution is 0.269. The first-order chi connectivity index (χ1) is 6.74. The minimum Gasteiger partial charge on any atom is -0.499 e. The maximum Gasteiger partial charge on any atom is 0.118 e. The zero-order valence-electron chi connectivity index (χ0n) is 8.82. The number of rotatable bonds is 1. The van der Waals surface area contributed by atoms with Crippen LogP contribution in [-0.2, 0) is 4.74 Å². The Morgan fingerprint density at radius 3 is 2.71 bits per heavy atom. The molecule has 0 aromatic heterocycles. The monoisotopic (exact) mass is 189 g/mol. The van der Waals surface area contributed by atoms with Gasteiger partial charge in [-0.1, -0.05) is 18.2 Å². The van der Waals surface area contributed by atoms with E-state index in [0.29, 0.717) is 6.04 Å². The van der Waals surface area contributed by atoms with Crippen LogP contribution in [0.25, 0.3) is 6.08 Å². The molecule has 1 aromatic carbocycles. The van der Waals surface area contributed by atoms with Gasteiger partial charge >= 0.3 is 0 Å². The van der Waals surface area contributed by atoms with Gasteiger partial charge in [-0.15, -0.1) is 0 Å². The number of hydrogen-bond donors (Lipinski definition) is 0.